The van der Waals surface area contributed by atoms with E-state index in [-0.39, 0.29) is 5.25 Å². The molecular formula is C19H19NOS. The van der Waals surface area contributed by atoms with E-state index in [4.69, 9.17) is 4.98 Å². The SMILES string of the molecule is CC(C)(O)[C@H](Sc1ccc2ccccc2n1)c1ccccc1. The van der Waals surface area contributed by atoms with Gasteiger partial charge in [0, 0.05) is 5.39 Å². The summed E-state index contributed by atoms with van der Waals surface area (Å²) in [5.41, 5.74) is 1.25. The molecule has 0 aliphatic heterocycles. The van der Waals surface area contributed by atoms with Crippen molar-refractivity contribution in [1.29, 1.82) is 0 Å². The lowest BCUT2D eigenvalue weighted by atomic mass is 9.98. The maximum absolute atomic E-state index is 10.6. The zero-order valence-corrected chi connectivity index (χ0v) is 13.5. The number of rotatable bonds is 4. The van der Waals surface area contributed by atoms with E-state index in [1.165, 1.54) is 0 Å². The van der Waals surface area contributed by atoms with Crippen LogP contribution in [-0.4, -0.2) is 15.7 Å². The van der Waals surface area contributed by atoms with Crippen molar-refractivity contribution in [2.75, 3.05) is 0 Å². The Morgan fingerprint density at radius 3 is 2.32 bits per heavy atom. The van der Waals surface area contributed by atoms with Crippen molar-refractivity contribution in [2.24, 2.45) is 0 Å². The van der Waals surface area contributed by atoms with Gasteiger partial charge in [-0.05, 0) is 31.5 Å². The first kappa shape index (κ1) is 15.1. The molecule has 1 N–H and O–H groups in total. The van der Waals surface area contributed by atoms with Crippen LogP contribution in [0.25, 0.3) is 10.9 Å². The van der Waals surface area contributed by atoms with Crippen LogP contribution in [0.4, 0.5) is 0 Å². The molecule has 1 heterocycles. The van der Waals surface area contributed by atoms with Gasteiger partial charge in [-0.3, -0.25) is 0 Å². The Balaban J connectivity index is 1.95. The third-order valence-corrected chi connectivity index (χ3v) is 5.11. The lowest BCUT2D eigenvalue weighted by Crippen LogP contribution is -2.26. The fourth-order valence-electron chi connectivity index (χ4n) is 2.48. The van der Waals surface area contributed by atoms with Crippen LogP contribution in [0, 0.1) is 0 Å². The number of aliphatic hydroxyl groups is 1. The highest BCUT2D eigenvalue weighted by Crippen LogP contribution is 2.42. The Hall–Kier alpha value is -1.84. The molecule has 0 amide bonds. The van der Waals surface area contributed by atoms with Crippen LogP contribution in [-0.2, 0) is 0 Å². The first-order valence-corrected chi connectivity index (χ1v) is 8.22. The molecule has 0 unspecified atom stereocenters. The summed E-state index contributed by atoms with van der Waals surface area (Å²) in [5, 5.41) is 12.5. The van der Waals surface area contributed by atoms with Crippen LogP contribution in [0.1, 0.15) is 24.7 Å². The summed E-state index contributed by atoms with van der Waals surface area (Å²) in [5.74, 6) is 0. The van der Waals surface area contributed by atoms with E-state index in [2.05, 4.69) is 24.3 Å². The van der Waals surface area contributed by atoms with Crippen LogP contribution >= 0.6 is 11.8 Å². The van der Waals surface area contributed by atoms with Crippen LogP contribution in [0.2, 0.25) is 0 Å². The van der Waals surface area contributed by atoms with Crippen LogP contribution in [0.15, 0.2) is 71.8 Å². The van der Waals surface area contributed by atoms with Crippen LogP contribution in [0.5, 0.6) is 0 Å². The Morgan fingerprint density at radius 1 is 0.909 bits per heavy atom. The Bertz CT molecular complexity index is 765. The third kappa shape index (κ3) is 3.32. The van der Waals surface area contributed by atoms with Gasteiger partial charge in [-0.15, -0.1) is 0 Å². The van der Waals surface area contributed by atoms with E-state index in [0.717, 1.165) is 21.5 Å². The Kier molecular flexibility index (Phi) is 4.19. The Morgan fingerprint density at radius 2 is 1.59 bits per heavy atom. The second kappa shape index (κ2) is 6.11. The largest absolute Gasteiger partial charge is 0.389 e. The molecule has 112 valence electrons. The van der Waals surface area contributed by atoms with Crippen molar-refractivity contribution in [1.82, 2.24) is 4.98 Å². The molecule has 1 atom stereocenters. The lowest BCUT2D eigenvalue weighted by molar-refractivity contribution is 0.0776. The molecule has 1 aromatic heterocycles. The maximum Gasteiger partial charge on any atom is 0.0974 e. The van der Waals surface area contributed by atoms with Crippen molar-refractivity contribution >= 4 is 22.7 Å². The molecule has 3 rings (SSSR count). The van der Waals surface area contributed by atoms with E-state index in [9.17, 15) is 5.11 Å². The molecular weight excluding hydrogens is 290 g/mol. The summed E-state index contributed by atoms with van der Waals surface area (Å²) in [6.45, 7) is 3.69. The normalized spacial score (nSPS) is 13.2. The minimum absolute atomic E-state index is 0.0673. The summed E-state index contributed by atoms with van der Waals surface area (Å²) in [6, 6.07) is 22.3. The standard InChI is InChI=1S/C19H19NOS/c1-19(2,21)18(15-9-4-3-5-10-15)22-17-13-12-14-8-6-7-11-16(14)20-17/h3-13,18,21H,1-2H3/t18-/m1/s1. The second-order valence-electron chi connectivity index (χ2n) is 5.90. The van der Waals surface area contributed by atoms with E-state index in [0.29, 0.717) is 0 Å². The quantitative estimate of drug-likeness (QED) is 0.700. The number of para-hydroxylation sites is 1. The van der Waals surface area contributed by atoms with Crippen molar-refractivity contribution < 1.29 is 5.11 Å². The topological polar surface area (TPSA) is 33.1 Å². The van der Waals surface area contributed by atoms with Crippen molar-refractivity contribution in [3.63, 3.8) is 0 Å². The Labute approximate surface area is 135 Å². The van der Waals surface area contributed by atoms with Gasteiger partial charge in [-0.25, -0.2) is 4.98 Å². The number of pyridine rings is 1. The van der Waals surface area contributed by atoms with Gasteiger partial charge in [-0.2, -0.15) is 0 Å². The molecule has 0 fully saturated rings. The summed E-state index contributed by atoms with van der Waals surface area (Å²) >= 11 is 1.60. The van der Waals surface area contributed by atoms with Gasteiger partial charge in [0.1, 0.15) is 0 Å². The van der Waals surface area contributed by atoms with Gasteiger partial charge in [0.25, 0.3) is 0 Å². The minimum Gasteiger partial charge on any atom is -0.389 e. The van der Waals surface area contributed by atoms with Gasteiger partial charge < -0.3 is 5.11 Å². The summed E-state index contributed by atoms with van der Waals surface area (Å²) in [6.07, 6.45) is 0. The first-order valence-electron chi connectivity index (χ1n) is 7.34. The third-order valence-electron chi connectivity index (χ3n) is 3.56. The average Bonchev–Trinajstić information content (AvgIpc) is 2.52. The average molecular weight is 309 g/mol. The molecule has 0 aliphatic carbocycles. The number of benzene rings is 2. The summed E-state index contributed by atoms with van der Waals surface area (Å²) < 4.78 is 0. The zero-order valence-electron chi connectivity index (χ0n) is 12.7. The van der Waals surface area contributed by atoms with Crippen molar-refractivity contribution in [2.45, 2.75) is 29.7 Å². The van der Waals surface area contributed by atoms with Gasteiger partial charge in [-0.1, -0.05) is 66.4 Å². The van der Waals surface area contributed by atoms with E-state index in [1.54, 1.807) is 11.8 Å². The van der Waals surface area contributed by atoms with E-state index >= 15 is 0 Å². The van der Waals surface area contributed by atoms with Crippen molar-refractivity contribution in [3.8, 4) is 0 Å². The molecule has 0 saturated carbocycles. The van der Waals surface area contributed by atoms with Crippen molar-refractivity contribution in [3.05, 3.63) is 72.3 Å². The smallest absolute Gasteiger partial charge is 0.0974 e. The predicted octanol–water partition coefficient (Wildman–Crippen LogP) is 4.84. The fourth-order valence-corrected chi connectivity index (χ4v) is 3.60. The first-order chi connectivity index (χ1) is 10.5. The number of fused-ring (bicyclic) bond motifs is 1. The van der Waals surface area contributed by atoms with Crippen LogP contribution in [0.3, 0.4) is 0 Å². The molecule has 0 aliphatic rings. The van der Waals surface area contributed by atoms with Gasteiger partial charge >= 0.3 is 0 Å². The molecule has 3 aromatic rings. The monoisotopic (exact) mass is 309 g/mol. The molecule has 0 bridgehead atoms. The molecule has 0 spiro atoms. The zero-order chi connectivity index (χ0) is 15.6. The molecule has 2 aromatic carbocycles. The number of hydrogen-bond donors (Lipinski definition) is 1. The molecule has 2 nitrogen and oxygen atoms in total. The highest BCUT2D eigenvalue weighted by Gasteiger charge is 2.29. The maximum atomic E-state index is 10.6. The van der Waals surface area contributed by atoms with Gasteiger partial charge in [0.05, 0.1) is 21.4 Å². The van der Waals surface area contributed by atoms with Gasteiger partial charge in [0.2, 0.25) is 0 Å². The number of hydrogen-bond acceptors (Lipinski definition) is 3. The van der Waals surface area contributed by atoms with Gasteiger partial charge in [0.15, 0.2) is 0 Å². The highest BCUT2D eigenvalue weighted by atomic mass is 32.2. The predicted molar refractivity (Wildman–Crippen MR) is 93.1 cm³/mol. The number of nitrogens with zero attached hydrogens (tertiary/aromatic N) is 1. The molecule has 0 saturated heterocycles. The molecule has 22 heavy (non-hydrogen) atoms. The second-order valence-corrected chi connectivity index (χ2v) is 7.03. The minimum atomic E-state index is -0.834. The molecule has 3 heteroatoms. The number of aromatic nitrogens is 1. The summed E-state index contributed by atoms with van der Waals surface area (Å²) in [7, 11) is 0. The van der Waals surface area contributed by atoms with Crippen LogP contribution < -0.4 is 0 Å². The van der Waals surface area contributed by atoms with E-state index in [1.807, 2.05) is 56.3 Å². The van der Waals surface area contributed by atoms with E-state index < -0.39 is 5.60 Å². The number of thioether (sulfide) groups is 1. The fraction of sp³-hybridized carbons (Fsp3) is 0.211. The highest BCUT2D eigenvalue weighted by molar-refractivity contribution is 7.99. The molecule has 0 radical (unpaired) electrons. The summed E-state index contributed by atoms with van der Waals surface area (Å²) in [4.78, 5) is 4.71. The lowest BCUT2D eigenvalue weighted by Gasteiger charge is -2.29.